The van der Waals surface area contributed by atoms with Crippen molar-refractivity contribution in [1.29, 1.82) is 0 Å². The zero-order valence-corrected chi connectivity index (χ0v) is 10.2. The molecule has 0 aliphatic heterocycles. The fourth-order valence-electron chi connectivity index (χ4n) is 1.61. The van der Waals surface area contributed by atoms with Gasteiger partial charge in [-0.05, 0) is 31.0 Å². The summed E-state index contributed by atoms with van der Waals surface area (Å²) in [6, 6.07) is 7.68. The highest BCUT2D eigenvalue weighted by atomic mass is 35.5. The van der Waals surface area contributed by atoms with Crippen LogP contribution in [0.25, 0.3) is 5.82 Å². The number of aromatic nitrogens is 3. The van der Waals surface area contributed by atoms with Gasteiger partial charge in [-0.1, -0.05) is 31.5 Å². The third kappa shape index (κ3) is 2.09. The summed E-state index contributed by atoms with van der Waals surface area (Å²) in [6.45, 7) is 4.20. The Bertz CT molecular complexity index is 491. The van der Waals surface area contributed by atoms with Crippen molar-refractivity contribution in [2.24, 2.45) is 0 Å². The predicted molar refractivity (Wildman–Crippen MR) is 65.1 cm³/mol. The fraction of sp³-hybridized carbons (Fsp3) is 0.333. The third-order valence-electron chi connectivity index (χ3n) is 2.48. The van der Waals surface area contributed by atoms with Gasteiger partial charge in [-0.3, -0.25) is 0 Å². The molecule has 2 aromatic rings. The Morgan fingerprint density at radius 1 is 1.25 bits per heavy atom. The van der Waals surface area contributed by atoms with Gasteiger partial charge in [-0.15, -0.1) is 0 Å². The molecule has 3 nitrogen and oxygen atoms in total. The van der Waals surface area contributed by atoms with Crippen LogP contribution in [0, 0.1) is 0 Å². The van der Waals surface area contributed by atoms with Crippen LogP contribution in [0.5, 0.6) is 0 Å². The van der Waals surface area contributed by atoms with Crippen molar-refractivity contribution in [2.45, 2.75) is 26.7 Å². The van der Waals surface area contributed by atoms with Gasteiger partial charge in [0.05, 0.1) is 5.69 Å². The Morgan fingerprint density at radius 3 is 2.69 bits per heavy atom. The van der Waals surface area contributed by atoms with E-state index >= 15 is 0 Å². The average molecular weight is 236 g/mol. The maximum atomic E-state index is 5.88. The minimum atomic E-state index is 0.494. The lowest BCUT2D eigenvalue weighted by Gasteiger charge is -2.04. The van der Waals surface area contributed by atoms with E-state index in [-0.39, 0.29) is 0 Å². The van der Waals surface area contributed by atoms with Crippen LogP contribution in [0.15, 0.2) is 24.3 Å². The minimum Gasteiger partial charge on any atom is -0.219 e. The normalized spacial score (nSPS) is 10.7. The van der Waals surface area contributed by atoms with Crippen molar-refractivity contribution < 1.29 is 0 Å². The first-order chi connectivity index (χ1) is 7.74. The van der Waals surface area contributed by atoms with Gasteiger partial charge in [0.25, 0.3) is 0 Å². The van der Waals surface area contributed by atoms with E-state index in [1.54, 1.807) is 6.07 Å². The number of hydrogen-bond donors (Lipinski definition) is 0. The number of pyridine rings is 1. The first-order valence-corrected chi connectivity index (χ1v) is 5.83. The summed E-state index contributed by atoms with van der Waals surface area (Å²) in [5, 5.41) is 5.00. The van der Waals surface area contributed by atoms with Gasteiger partial charge in [0.15, 0.2) is 5.82 Å². The maximum Gasteiger partial charge on any atom is 0.155 e. The monoisotopic (exact) mass is 235 g/mol. The molecule has 84 valence electrons. The van der Waals surface area contributed by atoms with Gasteiger partial charge < -0.3 is 0 Å². The molecule has 0 saturated carbocycles. The molecule has 0 aliphatic rings. The maximum absolute atomic E-state index is 5.88. The van der Waals surface area contributed by atoms with Crippen molar-refractivity contribution in [3.63, 3.8) is 0 Å². The number of hydrogen-bond acceptors (Lipinski definition) is 2. The Balaban J connectivity index is 2.50. The zero-order chi connectivity index (χ0) is 11.5. The third-order valence-corrected chi connectivity index (χ3v) is 2.69. The summed E-state index contributed by atoms with van der Waals surface area (Å²) in [5.41, 5.74) is 2.24. The van der Waals surface area contributed by atoms with Gasteiger partial charge >= 0.3 is 0 Å². The molecule has 0 saturated heterocycles. The van der Waals surface area contributed by atoms with Gasteiger partial charge in [0.1, 0.15) is 5.15 Å². The molecule has 16 heavy (non-hydrogen) atoms. The fourth-order valence-corrected chi connectivity index (χ4v) is 1.77. The van der Waals surface area contributed by atoms with E-state index in [1.807, 2.05) is 16.8 Å². The number of halogens is 1. The molecular formula is C12H14ClN3. The Hall–Kier alpha value is -1.35. The molecule has 2 aromatic heterocycles. The van der Waals surface area contributed by atoms with Crippen LogP contribution in [-0.2, 0) is 12.8 Å². The van der Waals surface area contributed by atoms with E-state index < -0.39 is 0 Å². The van der Waals surface area contributed by atoms with Crippen molar-refractivity contribution >= 4 is 11.6 Å². The van der Waals surface area contributed by atoms with Crippen LogP contribution >= 0.6 is 11.6 Å². The SMILES string of the molecule is CCc1cc(CC)n(-c2cccc(Cl)n2)n1. The van der Waals surface area contributed by atoms with Crippen molar-refractivity contribution in [1.82, 2.24) is 14.8 Å². The highest BCUT2D eigenvalue weighted by molar-refractivity contribution is 6.29. The molecule has 0 atom stereocenters. The second-order valence-corrected chi connectivity index (χ2v) is 3.95. The molecule has 0 N–H and O–H groups in total. The highest BCUT2D eigenvalue weighted by Gasteiger charge is 2.08. The quantitative estimate of drug-likeness (QED) is 0.766. The smallest absolute Gasteiger partial charge is 0.155 e. The standard InChI is InChI=1S/C12H14ClN3/c1-3-9-8-10(4-2)16(15-9)12-7-5-6-11(13)14-12/h5-8H,3-4H2,1-2H3. The molecule has 2 heterocycles. The first kappa shape index (κ1) is 11.1. The summed E-state index contributed by atoms with van der Waals surface area (Å²) in [4.78, 5) is 4.27. The summed E-state index contributed by atoms with van der Waals surface area (Å²) in [7, 11) is 0. The molecule has 0 aliphatic carbocycles. The summed E-state index contributed by atoms with van der Waals surface area (Å²) in [6.07, 6.45) is 1.86. The van der Waals surface area contributed by atoms with Crippen LogP contribution in [0.4, 0.5) is 0 Å². The first-order valence-electron chi connectivity index (χ1n) is 5.45. The Labute approximate surface area is 100 Å². The average Bonchev–Trinajstić information content (AvgIpc) is 2.72. The van der Waals surface area contributed by atoms with Crippen LogP contribution in [0.2, 0.25) is 5.15 Å². The van der Waals surface area contributed by atoms with Crippen LogP contribution in [0.1, 0.15) is 25.2 Å². The highest BCUT2D eigenvalue weighted by Crippen LogP contribution is 2.14. The van der Waals surface area contributed by atoms with E-state index in [4.69, 9.17) is 11.6 Å². The second-order valence-electron chi connectivity index (χ2n) is 3.56. The lowest BCUT2D eigenvalue weighted by molar-refractivity contribution is 0.772. The van der Waals surface area contributed by atoms with Crippen molar-refractivity contribution in [3.05, 3.63) is 40.8 Å². The molecule has 0 fully saturated rings. The van der Waals surface area contributed by atoms with E-state index in [9.17, 15) is 0 Å². The van der Waals surface area contributed by atoms with Gasteiger partial charge in [0, 0.05) is 5.69 Å². The number of nitrogens with zero attached hydrogens (tertiary/aromatic N) is 3. The lowest BCUT2D eigenvalue weighted by atomic mass is 10.2. The van der Waals surface area contributed by atoms with Gasteiger partial charge in [-0.25, -0.2) is 9.67 Å². The molecule has 0 bridgehead atoms. The Kier molecular flexibility index (Phi) is 3.25. The molecule has 0 amide bonds. The topological polar surface area (TPSA) is 30.7 Å². The van der Waals surface area contributed by atoms with Gasteiger partial charge in [0.2, 0.25) is 0 Å². The van der Waals surface area contributed by atoms with Gasteiger partial charge in [-0.2, -0.15) is 5.10 Å². The molecular weight excluding hydrogens is 222 g/mol. The number of rotatable bonds is 3. The predicted octanol–water partition coefficient (Wildman–Crippen LogP) is 3.05. The Morgan fingerprint density at radius 2 is 2.06 bits per heavy atom. The summed E-state index contributed by atoms with van der Waals surface area (Å²) >= 11 is 5.88. The molecule has 0 spiro atoms. The zero-order valence-electron chi connectivity index (χ0n) is 9.44. The van der Waals surface area contributed by atoms with Crippen LogP contribution in [0.3, 0.4) is 0 Å². The van der Waals surface area contributed by atoms with E-state index in [1.165, 1.54) is 0 Å². The second kappa shape index (κ2) is 4.66. The summed E-state index contributed by atoms with van der Waals surface area (Å²) < 4.78 is 1.87. The van der Waals surface area contributed by atoms with E-state index in [0.717, 1.165) is 30.0 Å². The largest absolute Gasteiger partial charge is 0.219 e. The van der Waals surface area contributed by atoms with E-state index in [0.29, 0.717) is 5.15 Å². The molecule has 0 radical (unpaired) electrons. The van der Waals surface area contributed by atoms with Crippen LogP contribution in [-0.4, -0.2) is 14.8 Å². The van der Waals surface area contributed by atoms with Crippen molar-refractivity contribution in [2.75, 3.05) is 0 Å². The van der Waals surface area contributed by atoms with Crippen LogP contribution < -0.4 is 0 Å². The minimum absolute atomic E-state index is 0.494. The number of aryl methyl sites for hydroxylation is 2. The molecule has 4 heteroatoms. The molecule has 0 aromatic carbocycles. The van der Waals surface area contributed by atoms with Crippen molar-refractivity contribution in [3.8, 4) is 5.82 Å². The molecule has 0 unspecified atom stereocenters. The lowest BCUT2D eigenvalue weighted by Crippen LogP contribution is -2.03. The van der Waals surface area contributed by atoms with E-state index in [2.05, 4.69) is 30.0 Å². The molecule has 2 rings (SSSR count). The summed E-state index contributed by atoms with van der Waals surface area (Å²) in [5.74, 6) is 0.782.